The van der Waals surface area contributed by atoms with Gasteiger partial charge in [0.25, 0.3) is 0 Å². The first-order valence-corrected chi connectivity index (χ1v) is 16.2. The van der Waals surface area contributed by atoms with Gasteiger partial charge < -0.3 is 9.79 Å². The van der Waals surface area contributed by atoms with E-state index in [1.165, 1.54) is 55.6 Å². The van der Waals surface area contributed by atoms with Crippen molar-refractivity contribution in [1.82, 2.24) is 0 Å². The minimum atomic E-state index is -0.917. The molecule has 0 unspecified atom stereocenters. The second-order valence-corrected chi connectivity index (χ2v) is 15.9. The Bertz CT molecular complexity index is 1420. The predicted molar refractivity (Wildman–Crippen MR) is 190 cm³/mol. The highest BCUT2D eigenvalue weighted by atomic mass is 31.1. The molecule has 43 heavy (non-hydrogen) atoms. The van der Waals surface area contributed by atoms with Crippen molar-refractivity contribution in [3.63, 3.8) is 0 Å². The molecular weight excluding hydrogens is 543 g/mol. The summed E-state index contributed by atoms with van der Waals surface area (Å²) in [6, 6.07) is 32.2. The molecular formula is C40H53O2P. The first-order chi connectivity index (χ1) is 19.8. The summed E-state index contributed by atoms with van der Waals surface area (Å²) < 4.78 is 0. The zero-order valence-corrected chi connectivity index (χ0v) is 29.5. The molecule has 0 aliphatic heterocycles. The van der Waals surface area contributed by atoms with Crippen LogP contribution in [0.15, 0.2) is 84.9 Å². The summed E-state index contributed by atoms with van der Waals surface area (Å²) in [4.78, 5) is 14.3. The van der Waals surface area contributed by atoms with E-state index in [4.69, 9.17) is 9.79 Å². The lowest BCUT2D eigenvalue weighted by molar-refractivity contribution is 0.513. The number of benzene rings is 4. The molecule has 0 saturated heterocycles. The third kappa shape index (κ3) is 8.24. The second kappa shape index (κ2) is 13.1. The molecule has 0 bridgehead atoms. The van der Waals surface area contributed by atoms with Gasteiger partial charge in [0, 0.05) is 0 Å². The van der Waals surface area contributed by atoms with Gasteiger partial charge in [0.2, 0.25) is 0 Å². The van der Waals surface area contributed by atoms with E-state index in [1.54, 1.807) is 0 Å². The highest BCUT2D eigenvalue weighted by Gasteiger charge is 2.26. The van der Waals surface area contributed by atoms with Crippen molar-refractivity contribution >= 4 is 9.03 Å². The smallest absolute Gasteiger partial charge is 0.149 e. The van der Waals surface area contributed by atoms with E-state index in [9.17, 15) is 0 Å². The first-order valence-electron chi connectivity index (χ1n) is 15.3. The van der Waals surface area contributed by atoms with Gasteiger partial charge in [-0.25, -0.2) is 0 Å². The van der Waals surface area contributed by atoms with Crippen LogP contribution in [0.1, 0.15) is 105 Å². The Kier molecular flexibility index (Phi) is 10.6. The molecule has 0 aliphatic carbocycles. The predicted octanol–water partition coefficient (Wildman–Crippen LogP) is 11.4. The van der Waals surface area contributed by atoms with Gasteiger partial charge in [0.05, 0.1) is 0 Å². The van der Waals surface area contributed by atoms with Crippen LogP contribution in [0.3, 0.4) is 0 Å². The van der Waals surface area contributed by atoms with Crippen molar-refractivity contribution in [2.45, 2.75) is 105 Å². The van der Waals surface area contributed by atoms with E-state index >= 15 is 0 Å². The topological polar surface area (TPSA) is 40.5 Å². The fourth-order valence-electron chi connectivity index (χ4n) is 5.64. The molecule has 4 rings (SSSR count). The van der Waals surface area contributed by atoms with E-state index in [-0.39, 0.29) is 21.7 Å². The van der Waals surface area contributed by atoms with Gasteiger partial charge in [0.1, 0.15) is 9.03 Å². The number of rotatable bonds is 3. The summed E-state index contributed by atoms with van der Waals surface area (Å²) >= 11 is 0. The molecule has 3 heteroatoms. The lowest BCUT2D eigenvalue weighted by Crippen LogP contribution is -2.17. The van der Waals surface area contributed by atoms with Crippen molar-refractivity contribution in [3.05, 3.63) is 107 Å². The van der Waals surface area contributed by atoms with Crippen LogP contribution in [0.2, 0.25) is 0 Å². The number of hydrogen-bond donors (Lipinski definition) is 2. The van der Waals surface area contributed by atoms with Crippen LogP contribution < -0.4 is 0 Å². The standard InChI is InChI=1S/C40H50.H3O2P/c1-37(2,3)27-21-23-33(35(25-27)39(7,8)9)31-19-15-13-17-29(31)30-18-14-16-20-32(30)34-24-22-28(38(4,5)6)26-36(34)40(10,11)12;1-3-2/h13-26H,1-12H3;1-3H. The van der Waals surface area contributed by atoms with Crippen molar-refractivity contribution in [3.8, 4) is 33.4 Å². The zero-order valence-electron chi connectivity index (χ0n) is 28.5. The molecule has 0 spiro atoms. The number of hydrogen-bond acceptors (Lipinski definition) is 2. The van der Waals surface area contributed by atoms with Crippen LogP contribution in [-0.4, -0.2) is 9.79 Å². The monoisotopic (exact) mass is 596 g/mol. The maximum absolute atomic E-state index is 7.15. The summed E-state index contributed by atoms with van der Waals surface area (Å²) in [5, 5.41) is 0. The molecule has 0 atom stereocenters. The summed E-state index contributed by atoms with van der Waals surface area (Å²) in [5.74, 6) is 0. The normalized spacial score (nSPS) is 12.5. The maximum atomic E-state index is 7.15. The van der Waals surface area contributed by atoms with Crippen LogP contribution in [0.5, 0.6) is 0 Å². The highest BCUT2D eigenvalue weighted by Crippen LogP contribution is 2.45. The molecule has 0 amide bonds. The lowest BCUT2D eigenvalue weighted by atomic mass is 9.75. The third-order valence-corrected chi connectivity index (χ3v) is 8.11. The summed E-state index contributed by atoms with van der Waals surface area (Å²) in [7, 11) is -0.917. The molecule has 0 saturated carbocycles. The summed E-state index contributed by atoms with van der Waals surface area (Å²) in [6.07, 6.45) is 0. The Balaban J connectivity index is 0.00000162. The van der Waals surface area contributed by atoms with Gasteiger partial charge in [-0.2, -0.15) is 0 Å². The van der Waals surface area contributed by atoms with E-state index in [1.807, 2.05) is 0 Å². The van der Waals surface area contributed by atoms with Crippen LogP contribution >= 0.6 is 9.03 Å². The van der Waals surface area contributed by atoms with E-state index in [0.29, 0.717) is 0 Å². The molecule has 0 aromatic heterocycles. The molecule has 2 N–H and O–H groups in total. The van der Waals surface area contributed by atoms with Gasteiger partial charge >= 0.3 is 0 Å². The van der Waals surface area contributed by atoms with Crippen LogP contribution in [0.25, 0.3) is 33.4 Å². The molecule has 2 nitrogen and oxygen atoms in total. The Labute approximate surface area is 263 Å². The SMILES string of the molecule is CC(C)(C)c1ccc(-c2ccccc2-c2ccccc2-c2ccc(C(C)(C)C)cc2C(C)(C)C)c(C(C)(C)C)c1.OPO. The third-order valence-electron chi connectivity index (χ3n) is 8.11. The van der Waals surface area contributed by atoms with E-state index in [0.717, 1.165) is 0 Å². The van der Waals surface area contributed by atoms with Gasteiger partial charge in [-0.05, 0) is 77.3 Å². The van der Waals surface area contributed by atoms with Crippen LogP contribution in [0.4, 0.5) is 0 Å². The van der Waals surface area contributed by atoms with Gasteiger partial charge in [-0.15, -0.1) is 0 Å². The maximum Gasteiger partial charge on any atom is 0.149 e. The van der Waals surface area contributed by atoms with Crippen molar-refractivity contribution < 1.29 is 9.79 Å². The fourth-order valence-corrected chi connectivity index (χ4v) is 5.64. The largest absolute Gasteiger partial charge is 0.352 e. The Morgan fingerprint density at radius 1 is 0.372 bits per heavy atom. The molecule has 4 aromatic carbocycles. The van der Waals surface area contributed by atoms with Crippen molar-refractivity contribution in [2.24, 2.45) is 0 Å². The average Bonchev–Trinajstić information content (AvgIpc) is 2.91. The first kappa shape index (κ1) is 34.7. The fraction of sp³-hybridized carbons (Fsp3) is 0.400. The van der Waals surface area contributed by atoms with Gasteiger partial charge in [0.15, 0.2) is 0 Å². The Morgan fingerprint density at radius 3 is 0.860 bits per heavy atom. The molecule has 0 fully saturated rings. The molecule has 0 aliphatic rings. The van der Waals surface area contributed by atoms with E-state index < -0.39 is 9.03 Å². The lowest BCUT2D eigenvalue weighted by Gasteiger charge is -2.29. The quantitative estimate of drug-likeness (QED) is 0.231. The molecule has 230 valence electrons. The second-order valence-electron chi connectivity index (χ2n) is 15.7. The highest BCUT2D eigenvalue weighted by molar-refractivity contribution is 7.23. The minimum Gasteiger partial charge on any atom is -0.352 e. The average molecular weight is 597 g/mol. The molecule has 0 heterocycles. The van der Waals surface area contributed by atoms with E-state index in [2.05, 4.69) is 168 Å². The Hall–Kier alpha value is -2.77. The van der Waals surface area contributed by atoms with Crippen molar-refractivity contribution in [2.75, 3.05) is 0 Å². The summed E-state index contributed by atoms with van der Waals surface area (Å²) in [5.41, 5.74) is 13.6. The van der Waals surface area contributed by atoms with Gasteiger partial charge in [-0.3, -0.25) is 0 Å². The zero-order chi connectivity index (χ0) is 32.4. The van der Waals surface area contributed by atoms with Crippen LogP contribution in [-0.2, 0) is 21.7 Å². The van der Waals surface area contributed by atoms with Crippen LogP contribution in [0, 0.1) is 0 Å². The van der Waals surface area contributed by atoms with Crippen molar-refractivity contribution in [1.29, 1.82) is 0 Å². The molecule has 4 aromatic rings. The van der Waals surface area contributed by atoms with Gasteiger partial charge in [-0.1, -0.05) is 168 Å². The summed E-state index contributed by atoms with van der Waals surface area (Å²) in [6.45, 7) is 27.8. The molecule has 0 radical (unpaired) electrons. The minimum absolute atomic E-state index is 0.0193. The Morgan fingerprint density at radius 2 is 0.628 bits per heavy atom.